The van der Waals surface area contributed by atoms with E-state index in [9.17, 15) is 4.91 Å². The topological polar surface area (TPSA) is 32.1 Å². The lowest BCUT2D eigenvalue weighted by Crippen LogP contribution is -2.04. The molecule has 2 rings (SSSR count). The number of fused-ring (bicyclic) bond motifs is 1. The van der Waals surface area contributed by atoms with Crippen LogP contribution in [0.25, 0.3) is 0 Å². The van der Waals surface area contributed by atoms with Crippen molar-refractivity contribution in [2.75, 3.05) is 5.43 Å². The lowest BCUT2D eigenvalue weighted by atomic mass is 10.2. The van der Waals surface area contributed by atoms with E-state index < -0.39 is 0 Å². The minimum absolute atomic E-state index is 0.455. The van der Waals surface area contributed by atoms with E-state index in [4.69, 9.17) is 0 Å². The molecule has 0 saturated carbocycles. The molecule has 3 nitrogen and oxygen atoms in total. The Labute approximate surface area is 58.2 Å². The second-order valence-electron chi connectivity index (χ2n) is 2.31. The van der Waals surface area contributed by atoms with Crippen molar-refractivity contribution in [1.29, 1.82) is 0 Å². The number of benzene rings is 1. The minimum Gasteiger partial charge on any atom is -0.120 e. The monoisotopic (exact) mass is 135 g/mol. The Morgan fingerprint density at radius 2 is 2.20 bits per heavy atom. The van der Waals surface area contributed by atoms with Gasteiger partial charge in [-0.25, -0.2) is 0 Å². The molecule has 3 heteroatoms. The molecule has 1 aliphatic rings. The first-order valence-corrected chi connectivity index (χ1v) is 3.15. The summed E-state index contributed by atoms with van der Waals surface area (Å²) >= 11 is 0. The van der Waals surface area contributed by atoms with Crippen LogP contribution in [0.5, 0.6) is 0 Å². The molecule has 10 heavy (non-hydrogen) atoms. The summed E-state index contributed by atoms with van der Waals surface area (Å²) in [5, 5.41) is 0. The Kier molecular flexibility index (Phi) is 0.974. The van der Waals surface area contributed by atoms with Crippen LogP contribution in [0.1, 0.15) is 5.56 Å². The number of hydrogen-bond donors (Lipinski definition) is 1. The first-order chi connectivity index (χ1) is 4.86. The van der Waals surface area contributed by atoms with Gasteiger partial charge in [0.05, 0.1) is 10.5 Å². The van der Waals surface area contributed by atoms with Crippen molar-refractivity contribution in [1.82, 2.24) is 0 Å². The van der Waals surface area contributed by atoms with Gasteiger partial charge in [-0.1, -0.05) is 18.2 Å². The quantitative estimate of drug-likeness (QED) is 0.544. The average molecular weight is 135 g/mol. The predicted molar refractivity (Wildman–Crippen MR) is 37.4 cm³/mol. The van der Waals surface area contributed by atoms with Crippen LogP contribution in [-0.4, -0.2) is 4.87 Å². The highest BCUT2D eigenvalue weighted by Gasteiger charge is 2.22. The summed E-state index contributed by atoms with van der Waals surface area (Å²) in [6, 6.07) is 7.68. The molecular formula is C7H7N2O+. The fourth-order valence-corrected chi connectivity index (χ4v) is 1.10. The van der Waals surface area contributed by atoms with Crippen molar-refractivity contribution >= 4 is 5.69 Å². The van der Waals surface area contributed by atoms with Crippen LogP contribution in [-0.2, 0) is 6.54 Å². The molecule has 0 radical (unpaired) electrons. The first kappa shape index (κ1) is 5.41. The van der Waals surface area contributed by atoms with Crippen LogP contribution in [0.3, 0.4) is 0 Å². The molecule has 1 aromatic carbocycles. The van der Waals surface area contributed by atoms with E-state index >= 15 is 0 Å². The number of nitrogens with one attached hydrogen (secondary N) is 1. The molecule has 1 N–H and O–H groups in total. The third-order valence-corrected chi connectivity index (χ3v) is 1.58. The Morgan fingerprint density at radius 3 is 3.00 bits per heavy atom. The summed E-state index contributed by atoms with van der Waals surface area (Å²) in [6.07, 6.45) is 0. The molecule has 1 aliphatic heterocycles. The van der Waals surface area contributed by atoms with Gasteiger partial charge < -0.3 is 0 Å². The van der Waals surface area contributed by atoms with Crippen molar-refractivity contribution in [3.63, 3.8) is 0 Å². The fourth-order valence-electron chi connectivity index (χ4n) is 1.10. The molecule has 0 saturated heterocycles. The average Bonchev–Trinajstić information content (AvgIpc) is 2.27. The van der Waals surface area contributed by atoms with Crippen LogP contribution in [0.4, 0.5) is 5.69 Å². The minimum atomic E-state index is 0.455. The summed E-state index contributed by atoms with van der Waals surface area (Å²) in [5.41, 5.74) is 4.67. The SMILES string of the molecule is O=[N+]1Cc2ccccc2N1. The fraction of sp³-hybridized carbons (Fsp3) is 0.143. The number of hydrogen-bond acceptors (Lipinski definition) is 1. The van der Waals surface area contributed by atoms with Gasteiger partial charge in [-0.3, -0.25) is 0 Å². The number of nitrogens with zero attached hydrogens (tertiary/aromatic N) is 1. The van der Waals surface area contributed by atoms with Gasteiger partial charge in [-0.05, 0) is 6.07 Å². The maximum Gasteiger partial charge on any atom is 0.252 e. The van der Waals surface area contributed by atoms with Gasteiger partial charge in [0.25, 0.3) is 6.54 Å². The summed E-state index contributed by atoms with van der Waals surface area (Å²) in [6.45, 7) is 0.455. The molecule has 0 bridgehead atoms. The van der Waals surface area contributed by atoms with Crippen LogP contribution in [0, 0.1) is 4.91 Å². The smallest absolute Gasteiger partial charge is 0.120 e. The highest BCUT2D eigenvalue weighted by Crippen LogP contribution is 2.20. The zero-order chi connectivity index (χ0) is 6.97. The zero-order valence-corrected chi connectivity index (χ0v) is 5.37. The first-order valence-electron chi connectivity index (χ1n) is 3.15. The van der Waals surface area contributed by atoms with E-state index in [0.29, 0.717) is 6.54 Å². The molecule has 0 fully saturated rings. The standard InChI is InChI=1S/C7H7N2O/c10-9-5-6-3-1-2-4-7(6)8-9/h1-4H,5H2,(H,8,10)/q+1. The van der Waals surface area contributed by atoms with Gasteiger partial charge in [-0.2, -0.15) is 0 Å². The van der Waals surface area contributed by atoms with Crippen molar-refractivity contribution in [3.05, 3.63) is 34.7 Å². The van der Waals surface area contributed by atoms with Gasteiger partial charge >= 0.3 is 0 Å². The second-order valence-corrected chi connectivity index (χ2v) is 2.31. The van der Waals surface area contributed by atoms with E-state index in [1.165, 1.54) is 0 Å². The molecule has 50 valence electrons. The maximum absolute atomic E-state index is 10.7. The predicted octanol–water partition coefficient (Wildman–Crippen LogP) is 1.31. The summed E-state index contributed by atoms with van der Waals surface area (Å²) in [4.78, 5) is 11.5. The lowest BCUT2D eigenvalue weighted by molar-refractivity contribution is -0.525. The second kappa shape index (κ2) is 1.80. The summed E-state index contributed by atoms with van der Waals surface area (Å²) in [5.74, 6) is 0. The van der Waals surface area contributed by atoms with Gasteiger partial charge in [0.1, 0.15) is 10.6 Å². The molecule has 0 atom stereocenters. The van der Waals surface area contributed by atoms with Crippen molar-refractivity contribution in [3.8, 4) is 0 Å². The van der Waals surface area contributed by atoms with Crippen molar-refractivity contribution in [2.45, 2.75) is 6.54 Å². The van der Waals surface area contributed by atoms with Crippen molar-refractivity contribution < 1.29 is 4.87 Å². The molecule has 0 aliphatic carbocycles. The Balaban J connectivity index is 2.51. The Morgan fingerprint density at radius 1 is 1.40 bits per heavy atom. The van der Waals surface area contributed by atoms with Crippen LogP contribution in [0.15, 0.2) is 24.3 Å². The lowest BCUT2D eigenvalue weighted by Gasteiger charge is -1.86. The number of para-hydroxylation sites is 1. The molecule has 0 spiro atoms. The third kappa shape index (κ3) is 0.673. The molecule has 1 heterocycles. The molecule has 0 amide bonds. The maximum atomic E-state index is 10.7. The number of nitroso groups, excluding NO2 is 1. The van der Waals surface area contributed by atoms with Crippen LogP contribution < -0.4 is 5.43 Å². The van der Waals surface area contributed by atoms with Gasteiger partial charge in [0, 0.05) is 0 Å². The molecule has 0 aromatic heterocycles. The van der Waals surface area contributed by atoms with Gasteiger partial charge in [0.2, 0.25) is 0 Å². The largest absolute Gasteiger partial charge is 0.252 e. The third-order valence-electron chi connectivity index (χ3n) is 1.58. The van der Waals surface area contributed by atoms with Gasteiger partial charge in [-0.15, -0.1) is 5.43 Å². The highest BCUT2D eigenvalue weighted by molar-refractivity contribution is 5.50. The molecule has 1 aromatic rings. The highest BCUT2D eigenvalue weighted by atomic mass is 16.3. The summed E-state index contributed by atoms with van der Waals surface area (Å²) in [7, 11) is 0. The molecule has 0 unspecified atom stereocenters. The Hall–Kier alpha value is -1.38. The van der Waals surface area contributed by atoms with Crippen LogP contribution >= 0.6 is 0 Å². The van der Waals surface area contributed by atoms with E-state index in [0.717, 1.165) is 16.1 Å². The number of hydrazine groups is 1. The number of anilines is 1. The van der Waals surface area contributed by atoms with Crippen molar-refractivity contribution in [2.24, 2.45) is 0 Å². The van der Waals surface area contributed by atoms with E-state index in [-0.39, 0.29) is 0 Å². The normalized spacial score (nSPS) is 14.6. The summed E-state index contributed by atoms with van der Waals surface area (Å²) < 4.78 is 0. The Bertz CT molecular complexity index is 256. The van der Waals surface area contributed by atoms with E-state index in [2.05, 4.69) is 5.43 Å². The van der Waals surface area contributed by atoms with E-state index in [1.807, 2.05) is 24.3 Å². The zero-order valence-electron chi connectivity index (χ0n) is 5.37. The van der Waals surface area contributed by atoms with Gasteiger partial charge in [0.15, 0.2) is 0 Å². The van der Waals surface area contributed by atoms with Crippen LogP contribution in [0.2, 0.25) is 0 Å². The number of rotatable bonds is 0. The van der Waals surface area contributed by atoms with E-state index in [1.54, 1.807) is 0 Å². The molecular weight excluding hydrogens is 128 g/mol.